The number of halogens is 1. The fraction of sp³-hybridized carbons (Fsp3) is 0.217. The maximum absolute atomic E-state index is 12.2. The van der Waals surface area contributed by atoms with E-state index in [0.29, 0.717) is 34.5 Å². The molecule has 0 bridgehead atoms. The molecule has 1 atom stereocenters. The third-order valence-corrected chi connectivity index (χ3v) is 4.67. The average molecular weight is 455 g/mol. The van der Waals surface area contributed by atoms with Crippen LogP contribution in [0.2, 0.25) is 5.02 Å². The van der Waals surface area contributed by atoms with Crippen molar-refractivity contribution in [2.75, 3.05) is 26.0 Å². The fourth-order valence-corrected chi connectivity index (χ4v) is 3.07. The molecule has 9 heteroatoms. The Morgan fingerprint density at radius 3 is 2.41 bits per heavy atom. The van der Waals surface area contributed by atoms with Gasteiger partial charge in [0.15, 0.2) is 0 Å². The first-order chi connectivity index (χ1) is 15.4. The predicted octanol–water partition coefficient (Wildman–Crippen LogP) is 4.57. The molecule has 1 heterocycles. The highest BCUT2D eigenvalue weighted by atomic mass is 35.5. The Labute approximate surface area is 191 Å². The Morgan fingerprint density at radius 2 is 1.78 bits per heavy atom. The molecule has 0 aliphatic carbocycles. The molecule has 0 aliphatic heterocycles. The third kappa shape index (κ3) is 5.73. The molecule has 1 N–H and O–H groups in total. The molecule has 3 aromatic rings. The van der Waals surface area contributed by atoms with E-state index >= 15 is 0 Å². The molecule has 2 aromatic carbocycles. The molecule has 0 saturated carbocycles. The van der Waals surface area contributed by atoms with E-state index < -0.39 is 18.1 Å². The van der Waals surface area contributed by atoms with Gasteiger partial charge >= 0.3 is 12.1 Å². The highest BCUT2D eigenvalue weighted by Gasteiger charge is 2.23. The molecule has 0 fully saturated rings. The van der Waals surface area contributed by atoms with Gasteiger partial charge in [-0.05, 0) is 48.9 Å². The minimum Gasteiger partial charge on any atom is -0.462 e. The van der Waals surface area contributed by atoms with E-state index in [2.05, 4.69) is 15.3 Å². The van der Waals surface area contributed by atoms with Crippen molar-refractivity contribution in [1.82, 2.24) is 14.9 Å². The first kappa shape index (κ1) is 23.0. The SMILES string of the molecule is CCOC(=O)c1ccc(C(Nc2ncccn2)c2cc(Cl)ccc2OC(=O)N(C)C)cc1. The number of anilines is 1. The van der Waals surface area contributed by atoms with Gasteiger partial charge in [-0.3, -0.25) is 0 Å². The predicted molar refractivity (Wildman–Crippen MR) is 121 cm³/mol. The van der Waals surface area contributed by atoms with Crippen molar-refractivity contribution in [3.63, 3.8) is 0 Å². The van der Waals surface area contributed by atoms with Gasteiger partial charge in [-0.15, -0.1) is 0 Å². The van der Waals surface area contributed by atoms with Gasteiger partial charge in [0.1, 0.15) is 5.75 Å². The average Bonchev–Trinajstić information content (AvgIpc) is 2.79. The van der Waals surface area contributed by atoms with Gasteiger partial charge in [0.25, 0.3) is 0 Å². The van der Waals surface area contributed by atoms with E-state index in [0.717, 1.165) is 5.56 Å². The molecule has 0 spiro atoms. The summed E-state index contributed by atoms with van der Waals surface area (Å²) in [5.41, 5.74) is 1.80. The zero-order valence-electron chi connectivity index (χ0n) is 17.9. The molecule has 0 saturated heterocycles. The number of nitrogens with one attached hydrogen (secondary N) is 1. The van der Waals surface area contributed by atoms with Crippen LogP contribution in [0.15, 0.2) is 60.9 Å². The molecule has 32 heavy (non-hydrogen) atoms. The Kier molecular flexibility index (Phi) is 7.62. The highest BCUT2D eigenvalue weighted by molar-refractivity contribution is 6.30. The van der Waals surface area contributed by atoms with E-state index in [1.165, 1.54) is 4.90 Å². The van der Waals surface area contributed by atoms with E-state index in [4.69, 9.17) is 21.1 Å². The number of amides is 1. The second kappa shape index (κ2) is 10.6. The van der Waals surface area contributed by atoms with Gasteiger partial charge in [-0.2, -0.15) is 0 Å². The zero-order chi connectivity index (χ0) is 23.1. The number of ether oxygens (including phenoxy) is 2. The van der Waals surface area contributed by atoms with Gasteiger partial charge in [0, 0.05) is 37.1 Å². The summed E-state index contributed by atoms with van der Waals surface area (Å²) in [7, 11) is 3.19. The number of hydrogen-bond donors (Lipinski definition) is 1. The summed E-state index contributed by atoms with van der Waals surface area (Å²) < 4.78 is 10.6. The molecule has 166 valence electrons. The van der Waals surface area contributed by atoms with Gasteiger partial charge < -0.3 is 19.7 Å². The summed E-state index contributed by atoms with van der Waals surface area (Å²) in [5, 5.41) is 3.72. The lowest BCUT2D eigenvalue weighted by Gasteiger charge is -2.23. The normalized spacial score (nSPS) is 11.4. The zero-order valence-corrected chi connectivity index (χ0v) is 18.7. The molecule has 1 amide bonds. The molecular weight excluding hydrogens is 432 g/mol. The van der Waals surface area contributed by atoms with Crippen molar-refractivity contribution in [2.24, 2.45) is 0 Å². The first-order valence-electron chi connectivity index (χ1n) is 9.88. The van der Waals surface area contributed by atoms with Crippen LogP contribution < -0.4 is 10.1 Å². The molecule has 3 rings (SSSR count). The van der Waals surface area contributed by atoms with Crippen molar-refractivity contribution in [1.29, 1.82) is 0 Å². The number of hydrogen-bond acceptors (Lipinski definition) is 7. The Hall–Kier alpha value is -3.65. The largest absolute Gasteiger partial charge is 0.462 e. The van der Waals surface area contributed by atoms with Crippen LogP contribution in [0.5, 0.6) is 5.75 Å². The summed E-state index contributed by atoms with van der Waals surface area (Å²) in [6.45, 7) is 2.04. The molecule has 0 aliphatic rings. The number of carbonyl (C=O) groups is 2. The number of nitrogens with zero attached hydrogens (tertiary/aromatic N) is 3. The summed E-state index contributed by atoms with van der Waals surface area (Å²) >= 11 is 6.28. The van der Waals surface area contributed by atoms with Crippen LogP contribution in [0, 0.1) is 0 Å². The van der Waals surface area contributed by atoms with Gasteiger partial charge in [-0.25, -0.2) is 19.6 Å². The topological polar surface area (TPSA) is 93.6 Å². The van der Waals surface area contributed by atoms with Crippen LogP contribution in [0.4, 0.5) is 10.7 Å². The van der Waals surface area contributed by atoms with Crippen molar-refractivity contribution >= 4 is 29.6 Å². The number of benzene rings is 2. The maximum atomic E-state index is 12.2. The summed E-state index contributed by atoms with van der Waals surface area (Å²) in [4.78, 5) is 34.1. The summed E-state index contributed by atoms with van der Waals surface area (Å²) in [6.07, 6.45) is 2.70. The van der Waals surface area contributed by atoms with Crippen molar-refractivity contribution in [2.45, 2.75) is 13.0 Å². The Bertz CT molecular complexity index is 1080. The van der Waals surface area contributed by atoms with E-state index in [-0.39, 0.29) is 0 Å². The number of esters is 1. The van der Waals surface area contributed by atoms with Crippen molar-refractivity contribution < 1.29 is 19.1 Å². The molecule has 1 aromatic heterocycles. The minimum absolute atomic E-state index is 0.291. The standard InChI is InChI=1S/C23H23ClN4O4/c1-4-31-21(29)16-8-6-15(7-9-16)20(27-22-25-12-5-13-26-22)18-14-17(24)10-11-19(18)32-23(30)28(2)3/h5-14,20H,4H2,1-3H3,(H,25,26,27). The lowest BCUT2D eigenvalue weighted by atomic mass is 9.97. The number of carbonyl (C=O) groups excluding carboxylic acids is 2. The lowest BCUT2D eigenvalue weighted by molar-refractivity contribution is 0.0526. The van der Waals surface area contributed by atoms with Crippen LogP contribution in [0.25, 0.3) is 0 Å². The number of rotatable bonds is 7. The summed E-state index contributed by atoms with van der Waals surface area (Å²) in [6, 6.07) is 13.1. The van der Waals surface area contributed by atoms with E-state index in [1.807, 2.05) is 0 Å². The van der Waals surface area contributed by atoms with Crippen LogP contribution in [-0.4, -0.2) is 47.6 Å². The van der Waals surface area contributed by atoms with Crippen molar-refractivity contribution in [3.8, 4) is 5.75 Å². The second-order valence-electron chi connectivity index (χ2n) is 6.94. The third-order valence-electron chi connectivity index (χ3n) is 4.44. The van der Waals surface area contributed by atoms with Crippen LogP contribution >= 0.6 is 11.6 Å². The van der Waals surface area contributed by atoms with Gasteiger partial charge in [0.2, 0.25) is 5.95 Å². The molecular formula is C23H23ClN4O4. The first-order valence-corrected chi connectivity index (χ1v) is 10.3. The Balaban J connectivity index is 2.05. The van der Waals surface area contributed by atoms with Gasteiger partial charge in [-0.1, -0.05) is 23.7 Å². The smallest absolute Gasteiger partial charge is 0.414 e. The van der Waals surface area contributed by atoms with Crippen LogP contribution in [0.1, 0.15) is 34.5 Å². The molecule has 1 unspecified atom stereocenters. The Morgan fingerprint density at radius 1 is 1.09 bits per heavy atom. The molecule has 8 nitrogen and oxygen atoms in total. The van der Waals surface area contributed by atoms with Crippen LogP contribution in [-0.2, 0) is 4.74 Å². The van der Waals surface area contributed by atoms with E-state index in [9.17, 15) is 9.59 Å². The quantitative estimate of drug-likeness (QED) is 0.522. The van der Waals surface area contributed by atoms with Gasteiger partial charge in [0.05, 0.1) is 18.2 Å². The van der Waals surface area contributed by atoms with Crippen molar-refractivity contribution in [3.05, 3.63) is 82.6 Å². The van der Waals surface area contributed by atoms with Crippen LogP contribution in [0.3, 0.4) is 0 Å². The second-order valence-corrected chi connectivity index (χ2v) is 7.37. The fourth-order valence-electron chi connectivity index (χ4n) is 2.89. The van der Waals surface area contributed by atoms with E-state index in [1.54, 1.807) is 81.9 Å². The highest BCUT2D eigenvalue weighted by Crippen LogP contribution is 2.35. The lowest BCUT2D eigenvalue weighted by Crippen LogP contribution is -2.26. The monoisotopic (exact) mass is 454 g/mol. The summed E-state index contributed by atoms with van der Waals surface area (Å²) in [5.74, 6) is 0.297. The number of aromatic nitrogens is 2. The maximum Gasteiger partial charge on any atom is 0.414 e. The minimum atomic E-state index is -0.530. The molecule has 0 radical (unpaired) electrons.